The lowest BCUT2D eigenvalue weighted by atomic mass is 10.1. The fraction of sp³-hybridized carbons (Fsp3) is 0.429. The Balaban J connectivity index is 2.77. The Morgan fingerprint density at radius 3 is 2.82 bits per heavy atom. The minimum Gasteiger partial charge on any atom is -0.385 e. The number of nitrogens with two attached hydrogens (primary N) is 1. The molecule has 0 saturated carbocycles. The van der Waals surface area contributed by atoms with Gasteiger partial charge in [-0.3, -0.25) is 0 Å². The summed E-state index contributed by atoms with van der Waals surface area (Å²) in [5.41, 5.74) is 6.02. The van der Waals surface area contributed by atoms with E-state index in [0.717, 1.165) is 0 Å². The minimum atomic E-state index is -0.696. The molecule has 1 rings (SSSR count). The molecule has 2 atom stereocenters. The summed E-state index contributed by atoms with van der Waals surface area (Å²) < 4.78 is 0. The summed E-state index contributed by atoms with van der Waals surface area (Å²) in [4.78, 5) is 7.58. The van der Waals surface area contributed by atoms with Gasteiger partial charge in [0, 0.05) is 12.2 Å². The number of aromatic nitrogens is 2. The van der Waals surface area contributed by atoms with Crippen molar-refractivity contribution in [3.63, 3.8) is 0 Å². The standard InChI is InChI=1S/C7H11N3O/c1-5(8)7(11)6-2-3-9-4-10-6/h2-5,7,11H,8H2,1H3. The van der Waals surface area contributed by atoms with Crippen LogP contribution in [0.5, 0.6) is 0 Å². The van der Waals surface area contributed by atoms with Crippen LogP contribution in [0.4, 0.5) is 0 Å². The van der Waals surface area contributed by atoms with Gasteiger partial charge in [0.15, 0.2) is 0 Å². The van der Waals surface area contributed by atoms with Crippen molar-refractivity contribution in [1.82, 2.24) is 9.97 Å². The largest absolute Gasteiger partial charge is 0.385 e. The van der Waals surface area contributed by atoms with Crippen LogP contribution in [0.15, 0.2) is 18.6 Å². The molecule has 3 N–H and O–H groups in total. The molecule has 2 unspecified atom stereocenters. The Morgan fingerprint density at radius 1 is 1.64 bits per heavy atom. The number of nitrogens with zero attached hydrogens (tertiary/aromatic N) is 2. The maximum atomic E-state index is 9.38. The zero-order valence-electron chi connectivity index (χ0n) is 6.31. The van der Waals surface area contributed by atoms with E-state index in [2.05, 4.69) is 9.97 Å². The van der Waals surface area contributed by atoms with E-state index >= 15 is 0 Å². The van der Waals surface area contributed by atoms with Gasteiger partial charge in [-0.1, -0.05) is 0 Å². The second-order valence-corrected chi connectivity index (χ2v) is 2.44. The molecule has 0 amide bonds. The molecule has 0 aliphatic rings. The summed E-state index contributed by atoms with van der Waals surface area (Å²) >= 11 is 0. The molecule has 0 saturated heterocycles. The average Bonchev–Trinajstić information content (AvgIpc) is 2.05. The van der Waals surface area contributed by atoms with Crippen LogP contribution in [0.2, 0.25) is 0 Å². The highest BCUT2D eigenvalue weighted by atomic mass is 16.3. The van der Waals surface area contributed by atoms with Gasteiger partial charge in [0.05, 0.1) is 5.69 Å². The third-order valence-electron chi connectivity index (χ3n) is 1.41. The first-order valence-electron chi connectivity index (χ1n) is 3.41. The highest BCUT2D eigenvalue weighted by Gasteiger charge is 2.12. The Bertz CT molecular complexity index is 212. The minimum absolute atomic E-state index is 0.301. The monoisotopic (exact) mass is 153 g/mol. The molecule has 4 nitrogen and oxygen atoms in total. The van der Waals surface area contributed by atoms with E-state index in [0.29, 0.717) is 5.69 Å². The molecule has 11 heavy (non-hydrogen) atoms. The normalized spacial score (nSPS) is 15.9. The molecule has 1 aromatic heterocycles. The van der Waals surface area contributed by atoms with Gasteiger partial charge < -0.3 is 10.8 Å². The van der Waals surface area contributed by atoms with Gasteiger partial charge in [0.25, 0.3) is 0 Å². The molecule has 0 aliphatic carbocycles. The third kappa shape index (κ3) is 1.96. The van der Waals surface area contributed by atoms with Crippen molar-refractivity contribution < 1.29 is 5.11 Å². The Hall–Kier alpha value is -1.00. The molecule has 0 fully saturated rings. The van der Waals surface area contributed by atoms with Crippen molar-refractivity contribution >= 4 is 0 Å². The summed E-state index contributed by atoms with van der Waals surface area (Å²) in [7, 11) is 0. The van der Waals surface area contributed by atoms with E-state index in [1.165, 1.54) is 6.33 Å². The van der Waals surface area contributed by atoms with E-state index in [1.54, 1.807) is 19.2 Å². The SMILES string of the molecule is CC(N)C(O)c1ccncn1. The predicted octanol–water partition coefficient (Wildman–Crippen LogP) is -0.143. The Morgan fingerprint density at radius 2 is 2.36 bits per heavy atom. The number of rotatable bonds is 2. The van der Waals surface area contributed by atoms with Crippen molar-refractivity contribution in [3.05, 3.63) is 24.3 Å². The topological polar surface area (TPSA) is 72.0 Å². The molecule has 0 bridgehead atoms. The molecule has 0 aromatic carbocycles. The van der Waals surface area contributed by atoms with Gasteiger partial charge >= 0.3 is 0 Å². The summed E-state index contributed by atoms with van der Waals surface area (Å²) in [5, 5.41) is 9.38. The van der Waals surface area contributed by atoms with Crippen molar-refractivity contribution in [2.24, 2.45) is 5.73 Å². The van der Waals surface area contributed by atoms with E-state index in [9.17, 15) is 5.11 Å². The van der Waals surface area contributed by atoms with E-state index in [4.69, 9.17) is 5.73 Å². The zero-order valence-corrected chi connectivity index (χ0v) is 6.31. The molecule has 1 aromatic rings. The summed E-state index contributed by atoms with van der Waals surface area (Å²) in [5.74, 6) is 0. The van der Waals surface area contributed by atoms with Crippen molar-refractivity contribution in [3.8, 4) is 0 Å². The predicted molar refractivity (Wildman–Crippen MR) is 40.6 cm³/mol. The molecule has 60 valence electrons. The summed E-state index contributed by atoms with van der Waals surface area (Å²) in [6.07, 6.45) is 2.27. The van der Waals surface area contributed by atoms with Crippen LogP contribution in [0.25, 0.3) is 0 Å². The number of aliphatic hydroxyl groups is 1. The second-order valence-electron chi connectivity index (χ2n) is 2.44. The van der Waals surface area contributed by atoms with Crippen LogP contribution in [0.3, 0.4) is 0 Å². The van der Waals surface area contributed by atoms with Crippen molar-refractivity contribution in [1.29, 1.82) is 0 Å². The van der Waals surface area contributed by atoms with E-state index < -0.39 is 6.10 Å². The molecule has 1 heterocycles. The fourth-order valence-electron chi connectivity index (χ4n) is 0.745. The zero-order chi connectivity index (χ0) is 8.27. The highest BCUT2D eigenvalue weighted by molar-refractivity contribution is 5.03. The van der Waals surface area contributed by atoms with Gasteiger partial charge in [0.1, 0.15) is 12.4 Å². The molecule has 0 aliphatic heterocycles. The first-order valence-corrected chi connectivity index (χ1v) is 3.41. The molecular formula is C7H11N3O. The number of aliphatic hydroxyl groups excluding tert-OH is 1. The van der Waals surface area contributed by atoms with Crippen LogP contribution in [-0.4, -0.2) is 21.1 Å². The molecule has 4 heteroatoms. The van der Waals surface area contributed by atoms with Crippen molar-refractivity contribution in [2.75, 3.05) is 0 Å². The van der Waals surface area contributed by atoms with Crippen LogP contribution < -0.4 is 5.73 Å². The maximum Gasteiger partial charge on any atom is 0.115 e. The maximum absolute atomic E-state index is 9.38. The summed E-state index contributed by atoms with van der Waals surface area (Å²) in [6.45, 7) is 1.73. The highest BCUT2D eigenvalue weighted by Crippen LogP contribution is 2.10. The van der Waals surface area contributed by atoms with E-state index in [1.807, 2.05) is 0 Å². The third-order valence-corrected chi connectivity index (χ3v) is 1.41. The molecule has 0 spiro atoms. The second kappa shape index (κ2) is 3.41. The average molecular weight is 153 g/mol. The van der Waals surface area contributed by atoms with Crippen molar-refractivity contribution in [2.45, 2.75) is 19.1 Å². The first kappa shape index (κ1) is 8.10. The first-order chi connectivity index (χ1) is 5.22. The van der Waals surface area contributed by atoms with Gasteiger partial charge in [-0.2, -0.15) is 0 Å². The van der Waals surface area contributed by atoms with Gasteiger partial charge in [-0.05, 0) is 13.0 Å². The number of hydrogen-bond acceptors (Lipinski definition) is 4. The lowest BCUT2D eigenvalue weighted by Crippen LogP contribution is -2.25. The van der Waals surface area contributed by atoms with Crippen LogP contribution in [0.1, 0.15) is 18.7 Å². The Labute approximate surface area is 65.1 Å². The lowest BCUT2D eigenvalue weighted by molar-refractivity contribution is 0.148. The van der Waals surface area contributed by atoms with Gasteiger partial charge in [0.2, 0.25) is 0 Å². The van der Waals surface area contributed by atoms with Crippen LogP contribution in [-0.2, 0) is 0 Å². The lowest BCUT2D eigenvalue weighted by Gasteiger charge is -2.12. The summed E-state index contributed by atoms with van der Waals surface area (Å²) in [6, 6.07) is 1.35. The fourth-order valence-corrected chi connectivity index (χ4v) is 0.745. The smallest absolute Gasteiger partial charge is 0.115 e. The molecule has 0 radical (unpaired) electrons. The van der Waals surface area contributed by atoms with Crippen LogP contribution >= 0.6 is 0 Å². The quantitative estimate of drug-likeness (QED) is 0.620. The molecular weight excluding hydrogens is 142 g/mol. The van der Waals surface area contributed by atoms with Gasteiger partial charge in [-0.15, -0.1) is 0 Å². The van der Waals surface area contributed by atoms with Crippen LogP contribution in [0, 0.1) is 0 Å². The van der Waals surface area contributed by atoms with Gasteiger partial charge in [-0.25, -0.2) is 9.97 Å². The Kier molecular flexibility index (Phi) is 2.51. The van der Waals surface area contributed by atoms with E-state index in [-0.39, 0.29) is 6.04 Å². The number of hydrogen-bond donors (Lipinski definition) is 2.